The Morgan fingerprint density at radius 3 is 2.69 bits per heavy atom. The third-order valence-corrected chi connectivity index (χ3v) is 2.58. The standard InChI is InChI=1S/C12H15BrFNO/c1-8-4-5-10(6-11(8)14)12(16)15(3)7-9(2)13/h4-6,9H,7H2,1-3H3. The third kappa shape index (κ3) is 3.30. The molecule has 0 heterocycles. The molecule has 0 aliphatic carbocycles. The predicted molar refractivity (Wildman–Crippen MR) is 66.5 cm³/mol. The van der Waals surface area contributed by atoms with Crippen molar-refractivity contribution in [3.63, 3.8) is 0 Å². The number of hydrogen-bond donors (Lipinski definition) is 0. The quantitative estimate of drug-likeness (QED) is 0.783. The van der Waals surface area contributed by atoms with E-state index in [-0.39, 0.29) is 16.6 Å². The van der Waals surface area contributed by atoms with Gasteiger partial charge in [0.05, 0.1) is 0 Å². The molecule has 0 aromatic heterocycles. The Balaban J connectivity index is 2.84. The van der Waals surface area contributed by atoms with Crippen molar-refractivity contribution in [3.05, 3.63) is 35.1 Å². The molecule has 1 aromatic rings. The van der Waals surface area contributed by atoms with Crippen LogP contribution in [-0.2, 0) is 0 Å². The van der Waals surface area contributed by atoms with E-state index in [0.29, 0.717) is 17.7 Å². The Bertz CT molecular complexity index is 393. The van der Waals surface area contributed by atoms with E-state index in [9.17, 15) is 9.18 Å². The monoisotopic (exact) mass is 287 g/mol. The number of alkyl halides is 1. The molecule has 0 saturated carbocycles. The third-order valence-electron chi connectivity index (χ3n) is 2.29. The minimum absolute atomic E-state index is 0.162. The van der Waals surface area contributed by atoms with Crippen LogP contribution in [0.1, 0.15) is 22.8 Å². The van der Waals surface area contributed by atoms with Gasteiger partial charge in [0.1, 0.15) is 5.82 Å². The Labute approximate surface area is 104 Å². The number of nitrogens with zero attached hydrogens (tertiary/aromatic N) is 1. The summed E-state index contributed by atoms with van der Waals surface area (Å²) in [5.74, 6) is -0.503. The molecule has 16 heavy (non-hydrogen) atoms. The van der Waals surface area contributed by atoms with E-state index < -0.39 is 0 Å². The fourth-order valence-corrected chi connectivity index (χ4v) is 1.84. The summed E-state index contributed by atoms with van der Waals surface area (Å²) in [6, 6.07) is 4.55. The van der Waals surface area contributed by atoms with Crippen molar-refractivity contribution >= 4 is 21.8 Å². The van der Waals surface area contributed by atoms with Crippen LogP contribution in [0.4, 0.5) is 4.39 Å². The van der Waals surface area contributed by atoms with Crippen molar-refractivity contribution in [1.82, 2.24) is 4.90 Å². The number of hydrogen-bond acceptors (Lipinski definition) is 1. The Morgan fingerprint density at radius 1 is 1.56 bits per heavy atom. The maximum atomic E-state index is 13.3. The second-order valence-electron chi connectivity index (χ2n) is 3.93. The van der Waals surface area contributed by atoms with Crippen molar-refractivity contribution in [3.8, 4) is 0 Å². The number of halogens is 2. The molecule has 0 aliphatic rings. The summed E-state index contributed by atoms with van der Waals surface area (Å²) in [5, 5.41) is 0. The van der Waals surface area contributed by atoms with Crippen molar-refractivity contribution in [2.45, 2.75) is 18.7 Å². The molecule has 1 atom stereocenters. The first kappa shape index (κ1) is 13.2. The number of benzene rings is 1. The second kappa shape index (κ2) is 5.43. The van der Waals surface area contributed by atoms with E-state index in [1.54, 1.807) is 31.0 Å². The lowest BCUT2D eigenvalue weighted by atomic mass is 10.1. The SMILES string of the molecule is Cc1ccc(C(=O)N(C)CC(C)Br)cc1F. The van der Waals surface area contributed by atoms with E-state index in [0.717, 1.165) is 0 Å². The van der Waals surface area contributed by atoms with Crippen molar-refractivity contribution < 1.29 is 9.18 Å². The number of carbonyl (C=O) groups excluding carboxylic acids is 1. The zero-order valence-corrected chi connectivity index (χ0v) is 11.2. The number of aryl methyl sites for hydroxylation is 1. The summed E-state index contributed by atoms with van der Waals surface area (Å²) in [6.07, 6.45) is 0. The molecule has 0 N–H and O–H groups in total. The van der Waals surface area contributed by atoms with Crippen molar-refractivity contribution in [1.29, 1.82) is 0 Å². The minimum atomic E-state index is -0.342. The maximum Gasteiger partial charge on any atom is 0.253 e. The van der Waals surface area contributed by atoms with Crippen molar-refractivity contribution in [2.24, 2.45) is 0 Å². The average Bonchev–Trinajstić information content (AvgIpc) is 2.20. The summed E-state index contributed by atoms with van der Waals surface area (Å²) in [7, 11) is 1.71. The van der Waals surface area contributed by atoms with Gasteiger partial charge in [-0.05, 0) is 24.6 Å². The molecule has 0 bridgehead atoms. The molecule has 0 saturated heterocycles. The van der Waals surface area contributed by atoms with Gasteiger partial charge in [-0.25, -0.2) is 4.39 Å². The van der Waals surface area contributed by atoms with Gasteiger partial charge >= 0.3 is 0 Å². The minimum Gasteiger partial charge on any atom is -0.341 e. The first-order chi connectivity index (χ1) is 7.41. The fourth-order valence-electron chi connectivity index (χ4n) is 1.41. The van der Waals surface area contributed by atoms with Crippen molar-refractivity contribution in [2.75, 3.05) is 13.6 Å². The highest BCUT2D eigenvalue weighted by molar-refractivity contribution is 9.09. The predicted octanol–water partition coefficient (Wildman–Crippen LogP) is 2.99. The van der Waals surface area contributed by atoms with Crippen LogP contribution in [0, 0.1) is 12.7 Å². The van der Waals surface area contributed by atoms with E-state index in [1.807, 2.05) is 6.92 Å². The van der Waals surface area contributed by atoms with Gasteiger partial charge < -0.3 is 4.90 Å². The van der Waals surface area contributed by atoms with Crippen LogP contribution in [0.3, 0.4) is 0 Å². The molecule has 0 aliphatic heterocycles. The molecule has 0 spiro atoms. The molecule has 1 unspecified atom stereocenters. The summed E-state index contributed by atoms with van der Waals surface area (Å²) < 4.78 is 13.3. The fraction of sp³-hybridized carbons (Fsp3) is 0.417. The van der Waals surface area contributed by atoms with Crippen LogP contribution >= 0.6 is 15.9 Å². The smallest absolute Gasteiger partial charge is 0.253 e. The Kier molecular flexibility index (Phi) is 4.47. The molecule has 88 valence electrons. The first-order valence-electron chi connectivity index (χ1n) is 5.07. The number of amides is 1. The molecule has 2 nitrogen and oxygen atoms in total. The van der Waals surface area contributed by atoms with E-state index >= 15 is 0 Å². The van der Waals surface area contributed by atoms with Gasteiger partial charge in [0.15, 0.2) is 0 Å². The van der Waals surface area contributed by atoms with Crippen LogP contribution in [0.15, 0.2) is 18.2 Å². The van der Waals surface area contributed by atoms with Gasteiger partial charge in [-0.15, -0.1) is 0 Å². The second-order valence-corrected chi connectivity index (χ2v) is 5.49. The van der Waals surface area contributed by atoms with Gasteiger partial charge in [-0.3, -0.25) is 4.79 Å². The van der Waals surface area contributed by atoms with E-state index in [1.165, 1.54) is 6.07 Å². The Hall–Kier alpha value is -0.900. The van der Waals surface area contributed by atoms with Crippen LogP contribution in [0.25, 0.3) is 0 Å². The topological polar surface area (TPSA) is 20.3 Å². The summed E-state index contributed by atoms with van der Waals surface area (Å²) in [4.78, 5) is 13.7. The molecule has 1 rings (SSSR count). The molecule has 0 radical (unpaired) electrons. The van der Waals surface area contributed by atoms with Gasteiger partial charge in [-0.2, -0.15) is 0 Å². The van der Waals surface area contributed by atoms with E-state index in [2.05, 4.69) is 15.9 Å². The average molecular weight is 288 g/mol. The van der Waals surface area contributed by atoms with Gasteiger partial charge in [0.25, 0.3) is 5.91 Å². The highest BCUT2D eigenvalue weighted by Crippen LogP contribution is 2.12. The highest BCUT2D eigenvalue weighted by Gasteiger charge is 2.14. The lowest BCUT2D eigenvalue weighted by Crippen LogP contribution is -2.31. The summed E-state index contributed by atoms with van der Waals surface area (Å²) in [6.45, 7) is 4.22. The number of rotatable bonds is 3. The zero-order valence-electron chi connectivity index (χ0n) is 9.63. The van der Waals surface area contributed by atoms with Gasteiger partial charge in [0.2, 0.25) is 0 Å². The Morgan fingerprint density at radius 2 is 2.19 bits per heavy atom. The molecule has 0 fully saturated rings. The molecular weight excluding hydrogens is 273 g/mol. The van der Waals surface area contributed by atoms with Gasteiger partial charge in [0, 0.05) is 24.0 Å². The zero-order chi connectivity index (χ0) is 12.3. The van der Waals surface area contributed by atoms with Crippen LogP contribution in [0.2, 0.25) is 0 Å². The molecular formula is C12H15BrFNO. The maximum absolute atomic E-state index is 13.3. The normalized spacial score (nSPS) is 12.3. The first-order valence-corrected chi connectivity index (χ1v) is 5.99. The summed E-state index contributed by atoms with van der Waals surface area (Å²) >= 11 is 3.37. The van der Waals surface area contributed by atoms with Crippen LogP contribution in [-0.4, -0.2) is 29.2 Å². The highest BCUT2D eigenvalue weighted by atomic mass is 79.9. The molecule has 4 heteroatoms. The lowest BCUT2D eigenvalue weighted by Gasteiger charge is -2.18. The summed E-state index contributed by atoms with van der Waals surface area (Å²) in [5.41, 5.74) is 0.937. The van der Waals surface area contributed by atoms with Crippen LogP contribution in [0.5, 0.6) is 0 Å². The lowest BCUT2D eigenvalue weighted by molar-refractivity contribution is 0.0797. The van der Waals surface area contributed by atoms with Crippen LogP contribution < -0.4 is 0 Å². The molecule has 1 amide bonds. The molecule has 1 aromatic carbocycles. The number of carbonyl (C=O) groups is 1. The largest absolute Gasteiger partial charge is 0.341 e. The van der Waals surface area contributed by atoms with E-state index in [4.69, 9.17) is 0 Å². The van der Waals surface area contributed by atoms with Gasteiger partial charge in [-0.1, -0.05) is 28.9 Å².